The van der Waals surface area contributed by atoms with E-state index in [-0.39, 0.29) is 23.4 Å². The Labute approximate surface area is 159 Å². The number of carbonyl (C=O) groups excluding carboxylic acids is 2. The van der Waals surface area contributed by atoms with Gasteiger partial charge in [0, 0.05) is 11.6 Å². The summed E-state index contributed by atoms with van der Waals surface area (Å²) in [5.74, 6) is -2.21. The van der Waals surface area contributed by atoms with Crippen LogP contribution in [0.4, 0.5) is 18.9 Å². The molecule has 2 atom stereocenters. The van der Waals surface area contributed by atoms with Gasteiger partial charge in [-0.25, -0.2) is 5.43 Å². The zero-order chi connectivity index (χ0) is 20.3. The lowest BCUT2D eigenvalue weighted by Gasteiger charge is -2.09. The van der Waals surface area contributed by atoms with Gasteiger partial charge in [0.1, 0.15) is 0 Å². The molecular formula is C20H18F3N3O2. The number of carbonyl (C=O) groups is 2. The van der Waals surface area contributed by atoms with E-state index in [0.29, 0.717) is 11.3 Å². The number of benzene rings is 2. The fraction of sp³-hybridized carbons (Fsp3) is 0.250. The molecule has 146 valence electrons. The van der Waals surface area contributed by atoms with Crippen LogP contribution in [0.25, 0.3) is 0 Å². The van der Waals surface area contributed by atoms with Crippen molar-refractivity contribution in [2.75, 3.05) is 5.32 Å². The SMILES string of the molecule is C/C(=N\NC(=O)[C@H]1C[C@@H]1c1ccccc1)c1cccc(NC(=O)C(F)(F)F)c1. The van der Waals surface area contributed by atoms with Crippen LogP contribution in [0.2, 0.25) is 0 Å². The Balaban J connectivity index is 1.60. The average molecular weight is 389 g/mol. The topological polar surface area (TPSA) is 70.6 Å². The first-order valence-electron chi connectivity index (χ1n) is 8.63. The minimum Gasteiger partial charge on any atom is -0.318 e. The Hall–Kier alpha value is -3.16. The Morgan fingerprint density at radius 2 is 1.79 bits per heavy atom. The highest BCUT2D eigenvalue weighted by Crippen LogP contribution is 2.47. The molecule has 1 fully saturated rings. The second-order valence-electron chi connectivity index (χ2n) is 6.57. The number of nitrogens with zero attached hydrogens (tertiary/aromatic N) is 1. The van der Waals surface area contributed by atoms with Crippen LogP contribution in [0, 0.1) is 5.92 Å². The van der Waals surface area contributed by atoms with Crippen LogP contribution in [0.15, 0.2) is 59.7 Å². The quantitative estimate of drug-likeness (QED) is 0.603. The minimum absolute atomic E-state index is 0.00737. The molecule has 0 heterocycles. The summed E-state index contributed by atoms with van der Waals surface area (Å²) in [4.78, 5) is 23.3. The Morgan fingerprint density at radius 3 is 2.46 bits per heavy atom. The third-order valence-electron chi connectivity index (χ3n) is 4.48. The molecule has 3 rings (SSSR count). The van der Waals surface area contributed by atoms with E-state index in [9.17, 15) is 22.8 Å². The lowest BCUT2D eigenvalue weighted by Crippen LogP contribution is -2.30. The van der Waals surface area contributed by atoms with Crippen LogP contribution in [-0.4, -0.2) is 23.7 Å². The largest absolute Gasteiger partial charge is 0.471 e. The summed E-state index contributed by atoms with van der Waals surface area (Å²) in [5.41, 5.74) is 4.50. The molecule has 2 aromatic rings. The van der Waals surface area contributed by atoms with Crippen LogP contribution >= 0.6 is 0 Å². The van der Waals surface area contributed by atoms with Gasteiger partial charge in [0.05, 0.1) is 5.71 Å². The van der Waals surface area contributed by atoms with Crippen LogP contribution in [0.5, 0.6) is 0 Å². The van der Waals surface area contributed by atoms with Crippen molar-refractivity contribution < 1.29 is 22.8 Å². The molecule has 0 radical (unpaired) electrons. The lowest BCUT2D eigenvalue weighted by atomic mass is 10.1. The number of rotatable bonds is 5. The van der Waals surface area contributed by atoms with E-state index in [4.69, 9.17) is 0 Å². The summed E-state index contributed by atoms with van der Waals surface area (Å²) >= 11 is 0. The molecule has 8 heteroatoms. The molecule has 28 heavy (non-hydrogen) atoms. The van der Waals surface area contributed by atoms with Crippen molar-refractivity contribution in [3.05, 3.63) is 65.7 Å². The van der Waals surface area contributed by atoms with Gasteiger partial charge in [-0.1, -0.05) is 42.5 Å². The standard InChI is InChI=1S/C20H18F3N3O2/c1-12(14-8-5-9-15(10-14)24-19(28)20(21,22)23)25-26-18(27)17-11-16(17)13-6-3-2-4-7-13/h2-10,16-17H,11H2,1H3,(H,24,28)(H,26,27)/b25-12+/t16-,17+/m1/s1. The Kier molecular flexibility index (Phi) is 5.48. The average Bonchev–Trinajstić information content (AvgIpc) is 3.47. The van der Waals surface area contributed by atoms with Gasteiger partial charge in [0.25, 0.3) is 0 Å². The van der Waals surface area contributed by atoms with Crippen molar-refractivity contribution in [3.8, 4) is 0 Å². The van der Waals surface area contributed by atoms with E-state index in [1.54, 1.807) is 18.3 Å². The second-order valence-corrected chi connectivity index (χ2v) is 6.57. The molecule has 2 N–H and O–H groups in total. The summed E-state index contributed by atoms with van der Waals surface area (Å²) in [6.45, 7) is 1.62. The molecule has 0 bridgehead atoms. The molecule has 0 aromatic heterocycles. The van der Waals surface area contributed by atoms with E-state index in [0.717, 1.165) is 12.0 Å². The molecule has 5 nitrogen and oxygen atoms in total. The summed E-state index contributed by atoms with van der Waals surface area (Å²) < 4.78 is 37.1. The molecular weight excluding hydrogens is 371 g/mol. The van der Waals surface area contributed by atoms with Gasteiger partial charge in [-0.2, -0.15) is 18.3 Å². The first-order valence-corrected chi connectivity index (χ1v) is 8.63. The molecule has 2 aromatic carbocycles. The number of anilines is 1. The predicted octanol–water partition coefficient (Wildman–Crippen LogP) is 3.83. The molecule has 1 aliphatic carbocycles. The van der Waals surface area contributed by atoms with Crippen molar-refractivity contribution in [2.24, 2.45) is 11.0 Å². The van der Waals surface area contributed by atoms with E-state index >= 15 is 0 Å². The smallest absolute Gasteiger partial charge is 0.318 e. The van der Waals surface area contributed by atoms with Gasteiger partial charge >= 0.3 is 12.1 Å². The summed E-state index contributed by atoms with van der Waals surface area (Å²) in [6, 6.07) is 15.5. The van der Waals surface area contributed by atoms with Crippen molar-refractivity contribution in [1.82, 2.24) is 5.43 Å². The third-order valence-corrected chi connectivity index (χ3v) is 4.48. The van der Waals surface area contributed by atoms with Gasteiger partial charge in [0.2, 0.25) is 5.91 Å². The highest BCUT2D eigenvalue weighted by molar-refractivity contribution is 6.01. The number of halogens is 3. The van der Waals surface area contributed by atoms with Gasteiger partial charge in [-0.15, -0.1) is 0 Å². The summed E-state index contributed by atoms with van der Waals surface area (Å²) in [7, 11) is 0. The fourth-order valence-electron chi connectivity index (χ4n) is 2.86. The van der Waals surface area contributed by atoms with Crippen LogP contribution in [0.1, 0.15) is 30.4 Å². The predicted molar refractivity (Wildman–Crippen MR) is 98.8 cm³/mol. The second kappa shape index (κ2) is 7.84. The molecule has 0 aliphatic heterocycles. The molecule has 1 saturated carbocycles. The van der Waals surface area contributed by atoms with E-state index in [1.807, 2.05) is 30.3 Å². The Morgan fingerprint density at radius 1 is 1.07 bits per heavy atom. The first-order chi connectivity index (χ1) is 13.3. The van der Waals surface area contributed by atoms with Crippen molar-refractivity contribution in [2.45, 2.75) is 25.4 Å². The van der Waals surface area contributed by atoms with Gasteiger partial charge in [0.15, 0.2) is 0 Å². The van der Waals surface area contributed by atoms with Crippen molar-refractivity contribution in [3.63, 3.8) is 0 Å². The maximum atomic E-state index is 12.4. The van der Waals surface area contributed by atoms with E-state index in [2.05, 4.69) is 10.5 Å². The van der Waals surface area contributed by atoms with Crippen LogP contribution < -0.4 is 10.7 Å². The number of hydrogen-bond acceptors (Lipinski definition) is 3. The molecule has 0 saturated heterocycles. The van der Waals surface area contributed by atoms with Gasteiger partial charge in [-0.3, -0.25) is 9.59 Å². The number of amides is 2. The molecule has 1 aliphatic rings. The minimum atomic E-state index is -4.97. The number of nitrogens with one attached hydrogen (secondary N) is 2. The maximum absolute atomic E-state index is 12.4. The summed E-state index contributed by atoms with van der Waals surface area (Å²) in [5, 5.41) is 5.82. The number of alkyl halides is 3. The molecule has 2 amide bonds. The third kappa shape index (κ3) is 4.76. The highest BCUT2D eigenvalue weighted by Gasteiger charge is 2.43. The van der Waals surface area contributed by atoms with Gasteiger partial charge < -0.3 is 5.32 Å². The first kappa shape index (κ1) is 19.6. The lowest BCUT2D eigenvalue weighted by molar-refractivity contribution is -0.167. The molecule has 0 unspecified atom stereocenters. The van der Waals surface area contributed by atoms with Gasteiger partial charge in [-0.05, 0) is 42.5 Å². The monoisotopic (exact) mass is 389 g/mol. The van der Waals surface area contributed by atoms with Crippen LogP contribution in [0.3, 0.4) is 0 Å². The zero-order valence-electron chi connectivity index (χ0n) is 15.0. The van der Waals surface area contributed by atoms with Crippen molar-refractivity contribution >= 4 is 23.2 Å². The molecule has 0 spiro atoms. The maximum Gasteiger partial charge on any atom is 0.471 e. The highest BCUT2D eigenvalue weighted by atomic mass is 19.4. The zero-order valence-corrected chi connectivity index (χ0v) is 15.0. The normalized spacial score (nSPS) is 19.1. The van der Waals surface area contributed by atoms with Crippen LogP contribution in [-0.2, 0) is 9.59 Å². The van der Waals surface area contributed by atoms with E-state index in [1.165, 1.54) is 18.2 Å². The van der Waals surface area contributed by atoms with Crippen molar-refractivity contribution in [1.29, 1.82) is 0 Å². The number of hydrogen-bond donors (Lipinski definition) is 2. The number of hydrazone groups is 1. The summed E-state index contributed by atoms with van der Waals surface area (Å²) in [6.07, 6.45) is -4.21. The fourth-order valence-corrected chi connectivity index (χ4v) is 2.86. The van der Waals surface area contributed by atoms with E-state index < -0.39 is 12.1 Å². The Bertz CT molecular complexity index is 910.